The van der Waals surface area contributed by atoms with E-state index in [1.165, 1.54) is 11.3 Å². The number of nitrogens with one attached hydrogen (secondary N) is 1. The molecule has 1 N–H and O–H groups in total. The van der Waals surface area contributed by atoms with Crippen LogP contribution in [0.1, 0.15) is 10.4 Å². The molecular weight excluding hydrogens is 460 g/mol. The van der Waals surface area contributed by atoms with Crippen LogP contribution >= 0.6 is 22.9 Å². The van der Waals surface area contributed by atoms with Crippen molar-refractivity contribution in [2.24, 2.45) is 0 Å². The minimum atomic E-state index is -0.336. The maximum atomic E-state index is 13.1. The summed E-state index contributed by atoms with van der Waals surface area (Å²) in [4.78, 5) is 32.8. The minimum Gasteiger partial charge on any atom is -0.378 e. The summed E-state index contributed by atoms with van der Waals surface area (Å²) in [5, 5.41) is 3.97. The number of carbonyl (C=O) groups excluding carboxylic acids is 1. The van der Waals surface area contributed by atoms with Crippen LogP contribution in [0.2, 0.25) is 5.02 Å². The van der Waals surface area contributed by atoms with Crippen molar-refractivity contribution in [1.29, 1.82) is 0 Å². The Morgan fingerprint density at radius 3 is 2.61 bits per heavy atom. The number of halogens is 1. The summed E-state index contributed by atoms with van der Waals surface area (Å²) in [6.45, 7) is 9.56. The molecular formula is C23H17ClN6O2S. The maximum absolute atomic E-state index is 13.1. The minimum absolute atomic E-state index is 0.243. The molecule has 4 heterocycles. The second kappa shape index (κ2) is 9.11. The van der Waals surface area contributed by atoms with Crippen molar-refractivity contribution in [3.05, 3.63) is 70.5 Å². The summed E-state index contributed by atoms with van der Waals surface area (Å²) in [6.07, 6.45) is 0. The SMILES string of the molecule is [C-]#[N+]c1ccc(C(=O)Nc2nc3ccc(-c4ccc(Cl)cc4)nc3s2)c(N2CCOCC2)n1. The van der Waals surface area contributed by atoms with Crippen LogP contribution in [0.5, 0.6) is 0 Å². The van der Waals surface area contributed by atoms with Gasteiger partial charge in [-0.05, 0) is 30.3 Å². The van der Waals surface area contributed by atoms with Gasteiger partial charge in [0.1, 0.15) is 15.9 Å². The first-order valence-electron chi connectivity index (χ1n) is 10.2. The zero-order chi connectivity index (χ0) is 22.8. The van der Waals surface area contributed by atoms with E-state index in [9.17, 15) is 4.79 Å². The summed E-state index contributed by atoms with van der Waals surface area (Å²) in [5.41, 5.74) is 2.83. The zero-order valence-corrected chi connectivity index (χ0v) is 18.9. The molecule has 0 atom stereocenters. The molecule has 1 amide bonds. The number of pyridine rings is 2. The molecule has 1 fully saturated rings. The quantitative estimate of drug-likeness (QED) is 0.415. The van der Waals surface area contributed by atoms with E-state index in [4.69, 9.17) is 22.9 Å². The number of morpholine rings is 1. The highest BCUT2D eigenvalue weighted by Gasteiger charge is 2.24. The highest BCUT2D eigenvalue weighted by atomic mass is 35.5. The van der Waals surface area contributed by atoms with Gasteiger partial charge in [-0.15, -0.1) is 4.98 Å². The van der Waals surface area contributed by atoms with Crippen LogP contribution in [0.15, 0.2) is 48.5 Å². The standard InChI is InChI=1S/C23H17ClN6O2S/c1-25-19-9-6-16(20(28-19)30-10-12-32-13-11-30)21(31)29-23-27-18-8-7-17(26-22(18)33-23)14-2-4-15(24)5-3-14/h2-9H,10-13H2,(H,27,29,31). The Bertz CT molecular complexity index is 1380. The topological polar surface area (TPSA) is 84.6 Å². The predicted octanol–water partition coefficient (Wildman–Crippen LogP) is 5.05. The van der Waals surface area contributed by atoms with Crippen LogP contribution < -0.4 is 10.2 Å². The molecule has 0 unspecified atom stereocenters. The molecule has 1 aromatic carbocycles. The van der Waals surface area contributed by atoms with Gasteiger partial charge in [-0.1, -0.05) is 47.7 Å². The van der Waals surface area contributed by atoms with Gasteiger partial charge >= 0.3 is 0 Å². The first-order chi connectivity index (χ1) is 16.1. The maximum Gasteiger partial charge on any atom is 0.271 e. The molecule has 3 aromatic heterocycles. The van der Waals surface area contributed by atoms with Crippen LogP contribution in [-0.4, -0.2) is 47.2 Å². The zero-order valence-electron chi connectivity index (χ0n) is 17.3. The number of hydrogen-bond acceptors (Lipinski definition) is 7. The predicted molar refractivity (Wildman–Crippen MR) is 129 cm³/mol. The number of amides is 1. The van der Waals surface area contributed by atoms with Gasteiger partial charge in [-0.25, -0.2) is 9.97 Å². The van der Waals surface area contributed by atoms with E-state index in [0.29, 0.717) is 58.2 Å². The molecule has 10 heteroatoms. The molecule has 0 saturated carbocycles. The van der Waals surface area contributed by atoms with Gasteiger partial charge in [0.05, 0.1) is 18.9 Å². The first-order valence-corrected chi connectivity index (χ1v) is 11.4. The monoisotopic (exact) mass is 476 g/mol. The summed E-state index contributed by atoms with van der Waals surface area (Å²) in [6, 6.07) is 14.4. The molecule has 0 spiro atoms. The lowest BCUT2D eigenvalue weighted by molar-refractivity contribution is 0.102. The number of ether oxygens (including phenoxy) is 1. The van der Waals surface area contributed by atoms with Crippen molar-refractivity contribution in [2.75, 3.05) is 36.5 Å². The van der Waals surface area contributed by atoms with Gasteiger partial charge in [0.25, 0.3) is 11.7 Å². The number of nitrogens with zero attached hydrogens (tertiary/aromatic N) is 5. The van der Waals surface area contributed by atoms with Crippen molar-refractivity contribution in [2.45, 2.75) is 0 Å². The van der Waals surface area contributed by atoms with E-state index in [-0.39, 0.29) is 11.7 Å². The normalized spacial score (nSPS) is 13.6. The lowest BCUT2D eigenvalue weighted by Gasteiger charge is -2.27. The number of anilines is 2. The number of aromatic nitrogens is 3. The average molecular weight is 477 g/mol. The van der Waals surface area contributed by atoms with E-state index in [2.05, 4.69) is 25.1 Å². The van der Waals surface area contributed by atoms with Crippen LogP contribution in [0.3, 0.4) is 0 Å². The second-order valence-electron chi connectivity index (χ2n) is 7.25. The van der Waals surface area contributed by atoms with Gasteiger partial charge in [-0.3, -0.25) is 10.1 Å². The molecule has 1 aliphatic rings. The Morgan fingerprint density at radius 2 is 1.85 bits per heavy atom. The number of thiazole rings is 1. The summed E-state index contributed by atoms with van der Waals surface area (Å²) >= 11 is 7.28. The number of carbonyl (C=O) groups is 1. The van der Waals surface area contributed by atoms with Crippen LogP contribution in [0.25, 0.3) is 26.4 Å². The molecule has 4 aromatic rings. The lowest BCUT2D eigenvalue weighted by atomic mass is 10.1. The molecule has 0 bridgehead atoms. The van der Waals surface area contributed by atoms with Crippen molar-refractivity contribution in [3.8, 4) is 11.3 Å². The van der Waals surface area contributed by atoms with E-state index in [1.54, 1.807) is 12.1 Å². The molecule has 8 nitrogen and oxygen atoms in total. The van der Waals surface area contributed by atoms with E-state index < -0.39 is 0 Å². The third-order valence-corrected chi connectivity index (χ3v) is 6.28. The van der Waals surface area contributed by atoms with Crippen molar-refractivity contribution in [1.82, 2.24) is 15.0 Å². The highest BCUT2D eigenvalue weighted by molar-refractivity contribution is 7.22. The molecule has 5 rings (SSSR count). The van der Waals surface area contributed by atoms with E-state index >= 15 is 0 Å². The van der Waals surface area contributed by atoms with Gasteiger partial charge < -0.3 is 14.5 Å². The van der Waals surface area contributed by atoms with Crippen LogP contribution in [0.4, 0.5) is 16.8 Å². The number of fused-ring (bicyclic) bond motifs is 1. The van der Waals surface area contributed by atoms with Crippen LogP contribution in [-0.2, 0) is 4.74 Å². The van der Waals surface area contributed by atoms with Gasteiger partial charge in [0.2, 0.25) is 5.82 Å². The summed E-state index contributed by atoms with van der Waals surface area (Å²) < 4.78 is 5.40. The molecule has 0 aliphatic carbocycles. The smallest absolute Gasteiger partial charge is 0.271 e. The molecule has 0 radical (unpaired) electrons. The van der Waals surface area contributed by atoms with Crippen molar-refractivity contribution < 1.29 is 9.53 Å². The fourth-order valence-corrected chi connectivity index (χ4v) is 4.47. The van der Waals surface area contributed by atoms with Gasteiger partial charge in [0, 0.05) is 23.7 Å². The number of benzene rings is 1. The molecule has 1 aliphatic heterocycles. The van der Waals surface area contributed by atoms with Gasteiger partial charge in [0.15, 0.2) is 5.13 Å². The number of hydrogen-bond donors (Lipinski definition) is 1. The molecule has 1 saturated heterocycles. The van der Waals surface area contributed by atoms with E-state index in [0.717, 1.165) is 11.3 Å². The summed E-state index contributed by atoms with van der Waals surface area (Å²) in [7, 11) is 0. The van der Waals surface area contributed by atoms with E-state index in [1.807, 2.05) is 41.3 Å². The van der Waals surface area contributed by atoms with Crippen LogP contribution in [0, 0.1) is 6.57 Å². The Kier molecular flexibility index (Phi) is 5.88. The first kappa shape index (κ1) is 21.3. The molecule has 33 heavy (non-hydrogen) atoms. The Morgan fingerprint density at radius 1 is 1.06 bits per heavy atom. The average Bonchev–Trinajstić information content (AvgIpc) is 3.26. The lowest BCUT2D eigenvalue weighted by Crippen LogP contribution is -2.38. The Balaban J connectivity index is 1.42. The number of rotatable bonds is 4. The Labute approximate surface area is 198 Å². The second-order valence-corrected chi connectivity index (χ2v) is 8.67. The Hall–Kier alpha value is -3.58. The van der Waals surface area contributed by atoms with Crippen molar-refractivity contribution >= 4 is 56.0 Å². The molecule has 164 valence electrons. The third-order valence-electron chi connectivity index (χ3n) is 5.15. The third kappa shape index (κ3) is 4.50. The van der Waals surface area contributed by atoms with Crippen molar-refractivity contribution in [3.63, 3.8) is 0 Å². The fourth-order valence-electron chi connectivity index (χ4n) is 3.51. The largest absolute Gasteiger partial charge is 0.378 e. The highest BCUT2D eigenvalue weighted by Crippen LogP contribution is 2.30. The summed E-state index contributed by atoms with van der Waals surface area (Å²) in [5.74, 6) is 0.387. The van der Waals surface area contributed by atoms with Gasteiger partial charge in [-0.2, -0.15) is 0 Å². The fraction of sp³-hybridized carbons (Fsp3) is 0.174.